The Bertz CT molecular complexity index is 504. The zero-order valence-electron chi connectivity index (χ0n) is 15.0. The van der Waals surface area contributed by atoms with Crippen molar-refractivity contribution in [2.24, 2.45) is 23.2 Å². The van der Waals surface area contributed by atoms with Gasteiger partial charge in [0.1, 0.15) is 5.41 Å². The number of alkyl halides is 6. The predicted octanol–water partition coefficient (Wildman–Crippen LogP) is 4.42. The van der Waals surface area contributed by atoms with Crippen LogP contribution in [-0.2, 0) is 4.74 Å². The van der Waals surface area contributed by atoms with E-state index in [1.54, 1.807) is 0 Å². The summed E-state index contributed by atoms with van der Waals surface area (Å²) in [6.45, 7) is 2.88. The third kappa shape index (κ3) is 3.85. The van der Waals surface area contributed by atoms with Gasteiger partial charge in [-0.05, 0) is 63.7 Å². The number of ether oxygens (including phenoxy) is 1. The molecule has 154 valence electrons. The summed E-state index contributed by atoms with van der Waals surface area (Å²) in [6, 6.07) is 0. The first-order chi connectivity index (χ1) is 11.6. The fourth-order valence-electron chi connectivity index (χ4n) is 4.28. The average molecular weight is 392 g/mol. The molecule has 0 spiro atoms. The van der Waals surface area contributed by atoms with E-state index < -0.39 is 54.0 Å². The molecule has 0 radical (unpaired) electrons. The van der Waals surface area contributed by atoms with Crippen LogP contribution in [0.3, 0.4) is 0 Å². The van der Waals surface area contributed by atoms with Crippen molar-refractivity contribution in [2.75, 3.05) is 0 Å². The highest BCUT2D eigenvalue weighted by Gasteiger charge is 2.58. The van der Waals surface area contributed by atoms with Crippen LogP contribution in [0.4, 0.5) is 26.3 Å². The number of halogens is 6. The lowest BCUT2D eigenvalue weighted by Crippen LogP contribution is -2.49. The lowest BCUT2D eigenvalue weighted by molar-refractivity contribution is -0.313. The summed E-state index contributed by atoms with van der Waals surface area (Å²) in [5.74, 6) is -0.843. The molecular formula is C17H26F6O3. The lowest BCUT2D eigenvalue weighted by atomic mass is 9.79. The maximum atomic E-state index is 13.2. The Labute approximate surface area is 148 Å². The van der Waals surface area contributed by atoms with Gasteiger partial charge in [0.25, 0.3) is 0 Å². The first-order valence-electron chi connectivity index (χ1n) is 8.81. The highest BCUT2D eigenvalue weighted by atomic mass is 19.4. The van der Waals surface area contributed by atoms with Gasteiger partial charge in [0, 0.05) is 0 Å². The van der Waals surface area contributed by atoms with E-state index in [0.29, 0.717) is 26.2 Å². The summed E-state index contributed by atoms with van der Waals surface area (Å²) in [5, 5.41) is 19.8. The Morgan fingerprint density at radius 2 is 1.58 bits per heavy atom. The van der Waals surface area contributed by atoms with Gasteiger partial charge in [0.2, 0.25) is 0 Å². The van der Waals surface area contributed by atoms with Gasteiger partial charge in [0.15, 0.2) is 11.9 Å². The fraction of sp³-hybridized carbons (Fsp3) is 1.00. The van der Waals surface area contributed by atoms with Crippen LogP contribution in [-0.4, -0.2) is 40.6 Å². The second-order valence-corrected chi connectivity index (χ2v) is 8.27. The molecule has 2 N–H and O–H groups in total. The van der Waals surface area contributed by atoms with Crippen LogP contribution in [0.15, 0.2) is 0 Å². The van der Waals surface area contributed by atoms with Crippen molar-refractivity contribution in [2.45, 2.75) is 83.2 Å². The first kappa shape index (κ1) is 21.8. The minimum Gasteiger partial charge on any atom is -0.381 e. The number of hydrogen-bond acceptors (Lipinski definition) is 3. The van der Waals surface area contributed by atoms with Crippen LogP contribution in [0, 0.1) is 23.2 Å². The summed E-state index contributed by atoms with van der Waals surface area (Å²) in [6.07, 6.45) is -11.7. The molecule has 2 rings (SSSR count). The highest BCUT2D eigenvalue weighted by Crippen LogP contribution is 2.54. The van der Waals surface area contributed by atoms with Gasteiger partial charge in [-0.15, -0.1) is 0 Å². The fourth-order valence-corrected chi connectivity index (χ4v) is 4.28. The smallest absolute Gasteiger partial charge is 0.381 e. The molecule has 0 aliphatic heterocycles. The molecule has 2 aliphatic carbocycles. The van der Waals surface area contributed by atoms with Crippen LogP contribution in [0.25, 0.3) is 0 Å². The normalized spacial score (nSPS) is 35.2. The molecule has 2 bridgehead atoms. The first-order valence-corrected chi connectivity index (χ1v) is 8.81. The Balaban J connectivity index is 2.07. The molecule has 0 aromatic rings. The molecule has 2 saturated carbocycles. The Morgan fingerprint density at radius 1 is 1.00 bits per heavy atom. The molecule has 2 fully saturated rings. The number of hydrogen-bond donors (Lipinski definition) is 2. The molecule has 26 heavy (non-hydrogen) atoms. The molecule has 6 unspecified atom stereocenters. The minimum atomic E-state index is -4.78. The largest absolute Gasteiger partial charge is 0.416 e. The molecule has 0 saturated heterocycles. The lowest BCUT2D eigenvalue weighted by Gasteiger charge is -2.40. The van der Waals surface area contributed by atoms with E-state index >= 15 is 0 Å². The molecule has 2 aliphatic rings. The highest BCUT2D eigenvalue weighted by molar-refractivity contribution is 5.00. The number of aliphatic hydroxyl groups excluding tert-OH is 1. The maximum Gasteiger partial charge on any atom is 0.416 e. The Hall–Kier alpha value is -0.540. The van der Waals surface area contributed by atoms with Crippen LogP contribution in [0.1, 0.15) is 52.9 Å². The van der Waals surface area contributed by atoms with Gasteiger partial charge >= 0.3 is 12.4 Å². The summed E-state index contributed by atoms with van der Waals surface area (Å²) in [5.41, 5.74) is -5.29. The van der Waals surface area contributed by atoms with E-state index in [9.17, 15) is 36.6 Å². The van der Waals surface area contributed by atoms with Crippen LogP contribution >= 0.6 is 0 Å². The predicted molar refractivity (Wildman–Crippen MR) is 80.9 cm³/mol. The van der Waals surface area contributed by atoms with Crippen molar-refractivity contribution in [3.8, 4) is 0 Å². The van der Waals surface area contributed by atoms with E-state index in [2.05, 4.69) is 0 Å². The SMILES string of the molecule is CCC(C)([C@H](O)OC1CC2CC(CC(C)(O)C(F)(F)F)C1C2)C(F)(F)F. The molecule has 3 nitrogen and oxygen atoms in total. The van der Waals surface area contributed by atoms with Gasteiger partial charge in [-0.25, -0.2) is 0 Å². The average Bonchev–Trinajstić information content (AvgIpc) is 3.02. The van der Waals surface area contributed by atoms with Gasteiger partial charge in [-0.3, -0.25) is 0 Å². The molecule has 7 atom stereocenters. The summed E-state index contributed by atoms with van der Waals surface area (Å²) in [7, 11) is 0. The number of fused-ring (bicyclic) bond motifs is 2. The third-order valence-corrected chi connectivity index (χ3v) is 6.39. The van der Waals surface area contributed by atoms with Crippen LogP contribution < -0.4 is 0 Å². The van der Waals surface area contributed by atoms with Gasteiger partial charge in [0.05, 0.1) is 6.10 Å². The molecule has 0 aromatic heterocycles. The standard InChI is InChI=1S/C17H26F6O3/c1-4-14(2,16(18,19)20)13(24)26-12-7-9-5-10(11(12)6-9)8-15(3,25)17(21,22)23/h9-13,24-25H,4-8H2,1-3H3/t9?,10?,11?,12?,13-,14?,15?/m1/s1. The maximum absolute atomic E-state index is 13.2. The van der Waals surface area contributed by atoms with E-state index in [4.69, 9.17) is 4.74 Å². The van der Waals surface area contributed by atoms with E-state index in [-0.39, 0.29) is 12.3 Å². The van der Waals surface area contributed by atoms with Crippen molar-refractivity contribution in [3.05, 3.63) is 0 Å². The minimum absolute atomic E-state index is 0.0463. The van der Waals surface area contributed by atoms with Crippen molar-refractivity contribution in [1.29, 1.82) is 0 Å². The molecule has 0 aromatic carbocycles. The van der Waals surface area contributed by atoms with Crippen LogP contribution in [0.2, 0.25) is 0 Å². The van der Waals surface area contributed by atoms with E-state index in [0.717, 1.165) is 6.92 Å². The topological polar surface area (TPSA) is 49.7 Å². The monoisotopic (exact) mass is 392 g/mol. The van der Waals surface area contributed by atoms with Crippen molar-refractivity contribution >= 4 is 0 Å². The van der Waals surface area contributed by atoms with Gasteiger partial charge in [-0.2, -0.15) is 26.3 Å². The number of rotatable bonds is 6. The second kappa shape index (κ2) is 6.81. The van der Waals surface area contributed by atoms with E-state index in [1.807, 2.05) is 0 Å². The molecule has 9 heteroatoms. The van der Waals surface area contributed by atoms with E-state index in [1.165, 1.54) is 6.92 Å². The third-order valence-electron chi connectivity index (χ3n) is 6.39. The molecule has 0 amide bonds. The Kier molecular flexibility index (Phi) is 5.70. The van der Waals surface area contributed by atoms with Crippen molar-refractivity contribution in [3.63, 3.8) is 0 Å². The quantitative estimate of drug-likeness (QED) is 0.520. The summed E-state index contributed by atoms with van der Waals surface area (Å²) in [4.78, 5) is 0. The van der Waals surface area contributed by atoms with Crippen molar-refractivity contribution in [1.82, 2.24) is 0 Å². The molecule has 0 heterocycles. The second-order valence-electron chi connectivity index (χ2n) is 8.27. The van der Waals surface area contributed by atoms with Gasteiger partial charge in [-0.1, -0.05) is 6.92 Å². The zero-order valence-corrected chi connectivity index (χ0v) is 15.0. The summed E-state index contributed by atoms with van der Waals surface area (Å²) < 4.78 is 83.8. The van der Waals surface area contributed by atoms with Crippen molar-refractivity contribution < 1.29 is 41.3 Å². The summed E-state index contributed by atoms with van der Waals surface area (Å²) >= 11 is 0. The number of aliphatic hydroxyl groups is 2. The molecular weight excluding hydrogens is 366 g/mol. The Morgan fingerprint density at radius 3 is 2.00 bits per heavy atom. The zero-order chi connectivity index (χ0) is 20.1. The van der Waals surface area contributed by atoms with Crippen LogP contribution in [0.5, 0.6) is 0 Å². The van der Waals surface area contributed by atoms with Gasteiger partial charge < -0.3 is 14.9 Å².